The minimum Gasteiger partial charge on any atom is -0.380 e. The minimum absolute atomic E-state index is 0.0643. The number of likely N-dealkylation sites (tertiary alicyclic amines) is 1. The topological polar surface area (TPSA) is 52.6 Å². The lowest BCUT2D eigenvalue weighted by Gasteiger charge is -2.40. The first-order chi connectivity index (χ1) is 9.57. The van der Waals surface area contributed by atoms with Crippen molar-refractivity contribution in [1.29, 1.82) is 0 Å². The standard InChI is InChI=1S/C14H25F3N2O2/c1-10(2)4-7-18-12(20)11(3)19-8-5-13(21,6-9-19)14(15,16)17/h10-11,21H,4-9H2,1-3H3,(H,18,20). The molecule has 1 fully saturated rings. The third-order valence-electron chi connectivity index (χ3n) is 4.10. The second-order valence-electron chi connectivity index (χ2n) is 6.21. The molecule has 0 aromatic carbocycles. The Morgan fingerprint density at radius 1 is 1.29 bits per heavy atom. The first-order valence-corrected chi connectivity index (χ1v) is 7.37. The van der Waals surface area contributed by atoms with Gasteiger partial charge in [0.15, 0.2) is 5.60 Å². The maximum atomic E-state index is 12.7. The van der Waals surface area contributed by atoms with Gasteiger partial charge < -0.3 is 10.4 Å². The van der Waals surface area contributed by atoms with E-state index in [0.29, 0.717) is 12.5 Å². The number of hydrogen-bond donors (Lipinski definition) is 2. The Morgan fingerprint density at radius 2 is 1.81 bits per heavy atom. The molecule has 1 rings (SSSR count). The third kappa shape index (κ3) is 4.85. The Bertz CT molecular complexity index is 351. The predicted molar refractivity (Wildman–Crippen MR) is 73.7 cm³/mol. The zero-order valence-electron chi connectivity index (χ0n) is 12.8. The van der Waals surface area contributed by atoms with Gasteiger partial charge in [-0.2, -0.15) is 13.2 Å². The molecule has 0 radical (unpaired) electrons. The van der Waals surface area contributed by atoms with E-state index in [-0.39, 0.29) is 31.8 Å². The van der Waals surface area contributed by atoms with Gasteiger partial charge in [-0.15, -0.1) is 0 Å². The zero-order chi connectivity index (χ0) is 16.3. The Labute approximate surface area is 123 Å². The maximum absolute atomic E-state index is 12.7. The molecule has 0 aromatic heterocycles. The van der Waals surface area contributed by atoms with Crippen LogP contribution in [0, 0.1) is 5.92 Å². The fraction of sp³-hybridized carbons (Fsp3) is 0.929. The van der Waals surface area contributed by atoms with E-state index in [1.165, 1.54) is 0 Å². The van der Waals surface area contributed by atoms with Crippen molar-refractivity contribution >= 4 is 5.91 Å². The number of aliphatic hydroxyl groups is 1. The molecule has 21 heavy (non-hydrogen) atoms. The molecule has 0 spiro atoms. The molecule has 4 nitrogen and oxygen atoms in total. The van der Waals surface area contributed by atoms with Gasteiger partial charge in [0.2, 0.25) is 5.91 Å². The van der Waals surface area contributed by atoms with Crippen molar-refractivity contribution in [3.63, 3.8) is 0 Å². The van der Waals surface area contributed by atoms with Crippen molar-refractivity contribution in [1.82, 2.24) is 10.2 Å². The molecule has 1 heterocycles. The summed E-state index contributed by atoms with van der Waals surface area (Å²) in [5.74, 6) is 0.311. The molecule has 1 saturated heterocycles. The first-order valence-electron chi connectivity index (χ1n) is 7.37. The molecular formula is C14H25F3N2O2. The smallest absolute Gasteiger partial charge is 0.380 e. The van der Waals surface area contributed by atoms with Crippen molar-refractivity contribution in [2.75, 3.05) is 19.6 Å². The second-order valence-corrected chi connectivity index (χ2v) is 6.21. The first kappa shape index (κ1) is 18.2. The van der Waals surface area contributed by atoms with Crippen LogP contribution in [-0.4, -0.2) is 53.4 Å². The van der Waals surface area contributed by atoms with Crippen LogP contribution in [0.4, 0.5) is 13.2 Å². The predicted octanol–water partition coefficient (Wildman–Crippen LogP) is 1.93. The molecule has 1 amide bonds. The summed E-state index contributed by atoms with van der Waals surface area (Å²) in [6.07, 6.45) is -4.52. The molecular weight excluding hydrogens is 285 g/mol. The number of amides is 1. The minimum atomic E-state index is -4.61. The van der Waals surface area contributed by atoms with Crippen molar-refractivity contribution in [2.45, 2.75) is 57.9 Å². The van der Waals surface area contributed by atoms with E-state index in [9.17, 15) is 23.1 Å². The number of alkyl halides is 3. The van der Waals surface area contributed by atoms with Gasteiger partial charge >= 0.3 is 6.18 Å². The highest BCUT2D eigenvalue weighted by Crippen LogP contribution is 2.38. The summed E-state index contributed by atoms with van der Waals surface area (Å²) in [7, 11) is 0. The highest BCUT2D eigenvalue weighted by Gasteiger charge is 2.54. The Hall–Kier alpha value is -0.820. The number of halogens is 3. The van der Waals surface area contributed by atoms with Crippen LogP contribution in [0.1, 0.15) is 40.0 Å². The molecule has 7 heteroatoms. The average molecular weight is 310 g/mol. The van der Waals surface area contributed by atoms with Crippen molar-refractivity contribution < 1.29 is 23.1 Å². The molecule has 0 aliphatic carbocycles. The fourth-order valence-electron chi connectivity index (χ4n) is 2.36. The van der Waals surface area contributed by atoms with Gasteiger partial charge in [-0.1, -0.05) is 13.8 Å². The third-order valence-corrected chi connectivity index (χ3v) is 4.10. The second kappa shape index (κ2) is 6.96. The van der Waals surface area contributed by atoms with Crippen LogP contribution in [0.15, 0.2) is 0 Å². The number of carbonyl (C=O) groups is 1. The van der Waals surface area contributed by atoms with Crippen LogP contribution in [0.5, 0.6) is 0 Å². The highest BCUT2D eigenvalue weighted by molar-refractivity contribution is 5.81. The van der Waals surface area contributed by atoms with E-state index in [1.54, 1.807) is 11.8 Å². The number of nitrogens with zero attached hydrogens (tertiary/aromatic N) is 1. The van der Waals surface area contributed by atoms with Crippen LogP contribution in [0.25, 0.3) is 0 Å². The number of carbonyl (C=O) groups excluding carboxylic acids is 1. The molecule has 1 aliphatic heterocycles. The number of rotatable bonds is 5. The fourth-order valence-corrected chi connectivity index (χ4v) is 2.36. The Kier molecular flexibility index (Phi) is 6.04. The molecule has 2 N–H and O–H groups in total. The Morgan fingerprint density at radius 3 is 2.24 bits per heavy atom. The van der Waals surface area contributed by atoms with Crippen molar-refractivity contribution in [3.05, 3.63) is 0 Å². The van der Waals surface area contributed by atoms with Crippen LogP contribution in [0.3, 0.4) is 0 Å². The van der Waals surface area contributed by atoms with Crippen LogP contribution in [-0.2, 0) is 4.79 Å². The molecule has 0 aromatic rings. The summed E-state index contributed by atoms with van der Waals surface area (Å²) < 4.78 is 38.1. The van der Waals surface area contributed by atoms with Crippen LogP contribution < -0.4 is 5.32 Å². The quantitative estimate of drug-likeness (QED) is 0.816. The van der Waals surface area contributed by atoms with Gasteiger partial charge in [0, 0.05) is 19.6 Å². The van der Waals surface area contributed by atoms with E-state index >= 15 is 0 Å². The largest absolute Gasteiger partial charge is 0.417 e. The highest BCUT2D eigenvalue weighted by atomic mass is 19.4. The summed E-state index contributed by atoms with van der Waals surface area (Å²) in [4.78, 5) is 13.6. The summed E-state index contributed by atoms with van der Waals surface area (Å²) >= 11 is 0. The lowest BCUT2D eigenvalue weighted by molar-refractivity contribution is -0.273. The van der Waals surface area contributed by atoms with Gasteiger partial charge in [-0.3, -0.25) is 9.69 Å². The normalized spacial score (nSPS) is 21.3. The Balaban J connectivity index is 2.44. The molecule has 124 valence electrons. The summed E-state index contributed by atoms with van der Waals surface area (Å²) in [5, 5.41) is 12.4. The van der Waals surface area contributed by atoms with E-state index in [2.05, 4.69) is 19.2 Å². The molecule has 0 bridgehead atoms. The summed E-state index contributed by atoms with van der Waals surface area (Å²) in [5.41, 5.74) is -2.61. The lowest BCUT2D eigenvalue weighted by Crippen LogP contribution is -2.57. The molecule has 0 saturated carbocycles. The number of piperidine rings is 1. The molecule has 1 unspecified atom stereocenters. The van der Waals surface area contributed by atoms with E-state index in [4.69, 9.17) is 0 Å². The van der Waals surface area contributed by atoms with Crippen molar-refractivity contribution in [3.8, 4) is 0 Å². The van der Waals surface area contributed by atoms with Gasteiger partial charge in [-0.25, -0.2) is 0 Å². The van der Waals surface area contributed by atoms with E-state index < -0.39 is 17.8 Å². The summed E-state index contributed by atoms with van der Waals surface area (Å²) in [6.45, 7) is 6.49. The number of nitrogens with one attached hydrogen (secondary N) is 1. The van der Waals surface area contributed by atoms with Crippen LogP contribution in [0.2, 0.25) is 0 Å². The van der Waals surface area contributed by atoms with Gasteiger partial charge in [-0.05, 0) is 32.1 Å². The lowest BCUT2D eigenvalue weighted by atomic mass is 9.90. The van der Waals surface area contributed by atoms with E-state index in [1.807, 2.05) is 0 Å². The van der Waals surface area contributed by atoms with E-state index in [0.717, 1.165) is 6.42 Å². The van der Waals surface area contributed by atoms with Crippen LogP contribution >= 0.6 is 0 Å². The zero-order valence-corrected chi connectivity index (χ0v) is 12.8. The monoisotopic (exact) mass is 310 g/mol. The molecule has 1 atom stereocenters. The average Bonchev–Trinajstić information content (AvgIpc) is 2.37. The van der Waals surface area contributed by atoms with Crippen molar-refractivity contribution in [2.24, 2.45) is 5.92 Å². The van der Waals surface area contributed by atoms with Gasteiger partial charge in [0.25, 0.3) is 0 Å². The van der Waals surface area contributed by atoms with Gasteiger partial charge in [0.05, 0.1) is 6.04 Å². The molecule has 1 aliphatic rings. The number of hydrogen-bond acceptors (Lipinski definition) is 3. The maximum Gasteiger partial charge on any atom is 0.417 e. The SMILES string of the molecule is CC(C)CCNC(=O)C(C)N1CCC(O)(C(F)(F)F)CC1. The summed E-state index contributed by atoms with van der Waals surface area (Å²) in [6, 6.07) is -0.477. The van der Waals surface area contributed by atoms with Gasteiger partial charge in [0.1, 0.15) is 0 Å².